The second-order valence-corrected chi connectivity index (χ2v) is 4.03. The predicted octanol–water partition coefficient (Wildman–Crippen LogP) is 2.80. The van der Waals surface area contributed by atoms with Gasteiger partial charge in [-0.15, -0.1) is 0 Å². The Balaban J connectivity index is 1.97. The molecular weight excluding hydrogens is 243 g/mol. The lowest BCUT2D eigenvalue weighted by Crippen LogP contribution is -1.93. The van der Waals surface area contributed by atoms with Crippen LogP contribution in [0.5, 0.6) is 0 Å². The van der Waals surface area contributed by atoms with Crippen molar-refractivity contribution in [2.24, 2.45) is 0 Å². The first kappa shape index (κ1) is 11.5. The van der Waals surface area contributed by atoms with Gasteiger partial charge in [0.25, 0.3) is 0 Å². The number of pyridine rings is 2. The van der Waals surface area contributed by atoms with Crippen molar-refractivity contribution < 1.29 is 4.39 Å². The lowest BCUT2D eigenvalue weighted by molar-refractivity contribution is 0.476. The molecule has 3 heterocycles. The fraction of sp³-hybridized carbons (Fsp3) is 0.0714. The lowest BCUT2D eigenvalue weighted by Gasteiger charge is -2.00. The van der Waals surface area contributed by atoms with Crippen molar-refractivity contribution in [1.82, 2.24) is 19.7 Å². The van der Waals surface area contributed by atoms with Crippen LogP contribution >= 0.6 is 0 Å². The third-order valence-corrected chi connectivity index (χ3v) is 2.73. The quantitative estimate of drug-likeness (QED) is 0.721. The van der Waals surface area contributed by atoms with Gasteiger partial charge >= 0.3 is 0 Å². The number of aromatic nitrogens is 4. The summed E-state index contributed by atoms with van der Waals surface area (Å²) in [5, 5.41) is 4.26. The van der Waals surface area contributed by atoms with Crippen LogP contribution in [-0.4, -0.2) is 19.7 Å². The first-order chi connectivity index (χ1) is 9.36. The summed E-state index contributed by atoms with van der Waals surface area (Å²) in [7, 11) is 0. The first-order valence-electron chi connectivity index (χ1n) is 5.84. The molecule has 3 rings (SSSR count). The van der Waals surface area contributed by atoms with E-state index in [-0.39, 0.29) is 0 Å². The molecule has 0 bridgehead atoms. The van der Waals surface area contributed by atoms with Gasteiger partial charge in [-0.2, -0.15) is 5.10 Å². The highest BCUT2D eigenvalue weighted by molar-refractivity contribution is 5.57. The Bertz CT molecular complexity index is 679. The Morgan fingerprint density at radius 2 is 2.05 bits per heavy atom. The summed E-state index contributed by atoms with van der Waals surface area (Å²) >= 11 is 0. The minimum Gasteiger partial charge on any atom is -0.262 e. The normalized spacial score (nSPS) is 10.6. The van der Waals surface area contributed by atoms with Crippen LogP contribution in [-0.2, 0) is 6.67 Å². The number of hydrogen-bond donors (Lipinski definition) is 0. The minimum atomic E-state index is -0.565. The Morgan fingerprint density at radius 1 is 1.11 bits per heavy atom. The van der Waals surface area contributed by atoms with E-state index in [9.17, 15) is 4.39 Å². The van der Waals surface area contributed by atoms with Gasteiger partial charge < -0.3 is 0 Å². The maximum absolute atomic E-state index is 12.6. The lowest BCUT2D eigenvalue weighted by atomic mass is 10.2. The van der Waals surface area contributed by atoms with E-state index in [1.165, 1.54) is 0 Å². The predicted molar refractivity (Wildman–Crippen MR) is 69.4 cm³/mol. The van der Waals surface area contributed by atoms with Gasteiger partial charge in [0.05, 0.1) is 29.5 Å². The number of rotatable bonds is 3. The van der Waals surface area contributed by atoms with Crippen molar-refractivity contribution in [2.45, 2.75) is 6.67 Å². The highest BCUT2D eigenvalue weighted by atomic mass is 19.1. The second-order valence-electron chi connectivity index (χ2n) is 4.03. The molecule has 0 unspecified atom stereocenters. The van der Waals surface area contributed by atoms with Gasteiger partial charge in [0.15, 0.2) is 0 Å². The first-order valence-corrected chi connectivity index (χ1v) is 5.84. The Kier molecular flexibility index (Phi) is 3.02. The van der Waals surface area contributed by atoms with Gasteiger partial charge in [0, 0.05) is 18.0 Å². The molecule has 0 spiro atoms. The summed E-state index contributed by atoms with van der Waals surface area (Å²) in [4.78, 5) is 8.27. The van der Waals surface area contributed by atoms with Crippen LogP contribution in [0.3, 0.4) is 0 Å². The molecule has 3 aromatic heterocycles. The number of nitrogens with zero attached hydrogens (tertiary/aromatic N) is 4. The van der Waals surface area contributed by atoms with Crippen molar-refractivity contribution in [3.05, 3.63) is 60.8 Å². The van der Waals surface area contributed by atoms with Crippen molar-refractivity contribution >= 4 is 0 Å². The molecule has 0 N–H and O–H groups in total. The van der Waals surface area contributed by atoms with E-state index in [0.29, 0.717) is 11.4 Å². The molecule has 4 nitrogen and oxygen atoms in total. The van der Waals surface area contributed by atoms with Crippen molar-refractivity contribution in [2.75, 3.05) is 0 Å². The highest BCUT2D eigenvalue weighted by Crippen LogP contribution is 2.18. The summed E-state index contributed by atoms with van der Waals surface area (Å²) in [6.07, 6.45) is 6.99. The van der Waals surface area contributed by atoms with E-state index in [0.717, 1.165) is 11.3 Å². The minimum absolute atomic E-state index is 0.423. The second kappa shape index (κ2) is 4.97. The third kappa shape index (κ3) is 2.35. The largest absolute Gasteiger partial charge is 0.262 e. The standard InChI is InChI=1S/C14H11FN4/c15-7-12-3-1-5-14(18-12)11-8-17-19(10-11)13-4-2-6-16-9-13/h1-6,8-10H,7H2. The van der Waals surface area contributed by atoms with Crippen LogP contribution < -0.4 is 0 Å². The van der Waals surface area contributed by atoms with Crippen molar-refractivity contribution in [3.8, 4) is 16.9 Å². The molecule has 0 aromatic carbocycles. The third-order valence-electron chi connectivity index (χ3n) is 2.73. The molecule has 0 amide bonds. The molecule has 0 radical (unpaired) electrons. The zero-order chi connectivity index (χ0) is 13.1. The smallest absolute Gasteiger partial charge is 0.131 e. The average molecular weight is 254 g/mol. The molecule has 0 aliphatic rings. The molecule has 5 heteroatoms. The molecule has 0 saturated heterocycles. The molecule has 19 heavy (non-hydrogen) atoms. The van der Waals surface area contributed by atoms with Crippen LogP contribution in [0.15, 0.2) is 55.1 Å². The fourth-order valence-electron chi connectivity index (χ4n) is 1.80. The number of hydrogen-bond acceptors (Lipinski definition) is 3. The van der Waals surface area contributed by atoms with E-state index >= 15 is 0 Å². The van der Waals surface area contributed by atoms with Crippen LogP contribution in [0.1, 0.15) is 5.69 Å². The van der Waals surface area contributed by atoms with Gasteiger partial charge in [-0.25, -0.2) is 14.1 Å². The van der Waals surface area contributed by atoms with Crippen LogP contribution in [0.4, 0.5) is 4.39 Å². The van der Waals surface area contributed by atoms with E-state index < -0.39 is 6.67 Å². The molecule has 0 aliphatic heterocycles. The van der Waals surface area contributed by atoms with Gasteiger partial charge in [0.1, 0.15) is 6.67 Å². The summed E-state index contributed by atoms with van der Waals surface area (Å²) in [6.45, 7) is -0.565. The average Bonchev–Trinajstić information content (AvgIpc) is 2.98. The van der Waals surface area contributed by atoms with E-state index in [1.54, 1.807) is 35.4 Å². The molecule has 94 valence electrons. The highest BCUT2D eigenvalue weighted by Gasteiger charge is 2.05. The molecule has 0 atom stereocenters. The molecular formula is C14H11FN4. The van der Waals surface area contributed by atoms with Crippen LogP contribution in [0.25, 0.3) is 16.9 Å². The topological polar surface area (TPSA) is 43.6 Å². The molecule has 0 aliphatic carbocycles. The Morgan fingerprint density at radius 3 is 2.84 bits per heavy atom. The monoisotopic (exact) mass is 254 g/mol. The summed E-state index contributed by atoms with van der Waals surface area (Å²) in [6, 6.07) is 9.05. The summed E-state index contributed by atoms with van der Waals surface area (Å²) in [5.74, 6) is 0. The van der Waals surface area contributed by atoms with Gasteiger partial charge in [-0.3, -0.25) is 4.98 Å². The maximum Gasteiger partial charge on any atom is 0.131 e. The van der Waals surface area contributed by atoms with Gasteiger partial charge in [-0.05, 0) is 24.3 Å². The molecule has 3 aromatic rings. The van der Waals surface area contributed by atoms with E-state index in [4.69, 9.17) is 0 Å². The van der Waals surface area contributed by atoms with E-state index in [1.807, 2.05) is 24.4 Å². The Hall–Kier alpha value is -2.56. The van der Waals surface area contributed by atoms with E-state index in [2.05, 4.69) is 15.1 Å². The summed E-state index contributed by atoms with van der Waals surface area (Å²) in [5.41, 5.74) is 2.85. The zero-order valence-electron chi connectivity index (χ0n) is 10.1. The van der Waals surface area contributed by atoms with Crippen LogP contribution in [0.2, 0.25) is 0 Å². The molecule has 0 fully saturated rings. The van der Waals surface area contributed by atoms with Crippen molar-refractivity contribution in [3.63, 3.8) is 0 Å². The number of halogens is 1. The van der Waals surface area contributed by atoms with Crippen LogP contribution in [0, 0.1) is 0 Å². The SMILES string of the molecule is FCc1cccc(-c2cnn(-c3cccnc3)c2)n1. The fourth-order valence-corrected chi connectivity index (χ4v) is 1.80. The maximum atomic E-state index is 12.6. The Labute approximate surface area is 109 Å². The number of alkyl halides is 1. The van der Waals surface area contributed by atoms with Gasteiger partial charge in [-0.1, -0.05) is 6.07 Å². The van der Waals surface area contributed by atoms with Crippen molar-refractivity contribution in [1.29, 1.82) is 0 Å². The summed E-state index contributed by atoms with van der Waals surface area (Å²) < 4.78 is 14.3. The molecule has 0 saturated carbocycles. The zero-order valence-corrected chi connectivity index (χ0v) is 10.1. The van der Waals surface area contributed by atoms with Gasteiger partial charge in [0.2, 0.25) is 0 Å².